The van der Waals surface area contributed by atoms with Gasteiger partial charge in [-0.1, -0.05) is 18.2 Å². The van der Waals surface area contributed by atoms with Crippen molar-refractivity contribution in [1.29, 1.82) is 0 Å². The first-order valence-corrected chi connectivity index (χ1v) is 10.1. The summed E-state index contributed by atoms with van der Waals surface area (Å²) in [5, 5.41) is 3.19. The molecule has 2 aliphatic heterocycles. The summed E-state index contributed by atoms with van der Waals surface area (Å²) >= 11 is 0. The van der Waals surface area contributed by atoms with Crippen LogP contribution in [0.2, 0.25) is 0 Å². The highest BCUT2D eigenvalue weighted by Gasteiger charge is 2.44. The van der Waals surface area contributed by atoms with Gasteiger partial charge in [0.05, 0.1) is 24.1 Å². The fraction of sp³-hybridized carbons (Fsp3) is 0.333. The van der Waals surface area contributed by atoms with E-state index >= 15 is 0 Å². The van der Waals surface area contributed by atoms with E-state index in [-0.39, 0.29) is 29.7 Å². The molecule has 144 valence electrons. The third-order valence-electron chi connectivity index (χ3n) is 4.68. The number of benzene rings is 2. The second-order valence-electron chi connectivity index (χ2n) is 6.39. The van der Waals surface area contributed by atoms with Gasteiger partial charge in [0, 0.05) is 19.6 Å². The molecule has 2 aromatic rings. The predicted octanol–water partition coefficient (Wildman–Crippen LogP) is 2.55. The van der Waals surface area contributed by atoms with Gasteiger partial charge >= 0.3 is 10.2 Å². The minimum Gasteiger partial charge on any atom is -0.376 e. The maximum Gasteiger partial charge on any atom is 0.331 e. The Bertz CT molecular complexity index is 949. The fourth-order valence-corrected chi connectivity index (χ4v) is 5.15. The highest BCUT2D eigenvalue weighted by atomic mass is 32.2. The van der Waals surface area contributed by atoms with E-state index in [1.165, 1.54) is 36.4 Å². The zero-order valence-electron chi connectivity index (χ0n) is 14.4. The number of ether oxygens (including phenoxy) is 1. The van der Waals surface area contributed by atoms with Gasteiger partial charge in [-0.05, 0) is 30.7 Å². The summed E-state index contributed by atoms with van der Waals surface area (Å²) in [4.78, 5) is 0. The van der Waals surface area contributed by atoms with Crippen LogP contribution in [-0.4, -0.2) is 40.8 Å². The molecule has 1 saturated heterocycles. The lowest BCUT2D eigenvalue weighted by molar-refractivity contribution is 0.0254. The van der Waals surface area contributed by atoms with Crippen LogP contribution < -0.4 is 13.9 Å². The smallest absolute Gasteiger partial charge is 0.331 e. The molecule has 0 aliphatic carbocycles. The van der Waals surface area contributed by atoms with Gasteiger partial charge in [-0.25, -0.2) is 13.1 Å². The lowest BCUT2D eigenvalue weighted by atomic mass is 10.2. The molecule has 1 fully saturated rings. The number of hydrogen-bond donors (Lipinski definition) is 1. The summed E-state index contributed by atoms with van der Waals surface area (Å²) < 4.78 is 62.8. The first-order chi connectivity index (χ1) is 13.0. The largest absolute Gasteiger partial charge is 0.376 e. The Morgan fingerprint density at radius 1 is 1.07 bits per heavy atom. The lowest BCUT2D eigenvalue weighted by Gasteiger charge is -2.26. The van der Waals surface area contributed by atoms with E-state index in [1.54, 1.807) is 0 Å². The third kappa shape index (κ3) is 3.15. The molecule has 0 amide bonds. The normalized spacial score (nSPS) is 21.3. The quantitative estimate of drug-likeness (QED) is 0.864. The monoisotopic (exact) mass is 395 g/mol. The van der Waals surface area contributed by atoms with E-state index in [9.17, 15) is 17.2 Å². The van der Waals surface area contributed by atoms with Gasteiger partial charge in [0.15, 0.2) is 0 Å². The molecule has 1 atom stereocenters. The third-order valence-corrected chi connectivity index (χ3v) is 6.45. The molecule has 0 unspecified atom stereocenters. The number of fused-ring (bicyclic) bond motifs is 1. The summed E-state index contributed by atoms with van der Waals surface area (Å²) in [5.41, 5.74) is -0.172. The van der Waals surface area contributed by atoms with Crippen LogP contribution in [0.5, 0.6) is 0 Å². The highest BCUT2D eigenvalue weighted by Crippen LogP contribution is 2.47. The zero-order valence-corrected chi connectivity index (χ0v) is 15.3. The van der Waals surface area contributed by atoms with Gasteiger partial charge in [-0.15, -0.1) is 0 Å². The minimum atomic E-state index is -4.18. The predicted molar refractivity (Wildman–Crippen MR) is 98.4 cm³/mol. The molecule has 0 bridgehead atoms. The van der Waals surface area contributed by atoms with Crippen LogP contribution in [0, 0.1) is 11.6 Å². The maximum absolute atomic E-state index is 14.6. The number of nitrogens with one attached hydrogen (secondary N) is 1. The van der Waals surface area contributed by atoms with Crippen molar-refractivity contribution in [1.82, 2.24) is 5.32 Å². The first-order valence-electron chi connectivity index (χ1n) is 8.68. The Morgan fingerprint density at radius 2 is 1.81 bits per heavy atom. The molecule has 0 radical (unpaired) electrons. The summed E-state index contributed by atoms with van der Waals surface area (Å²) in [6, 6.07) is 9.57. The van der Waals surface area contributed by atoms with Crippen molar-refractivity contribution in [2.75, 3.05) is 34.9 Å². The highest BCUT2D eigenvalue weighted by molar-refractivity contribution is 7.95. The average Bonchev–Trinajstić information content (AvgIpc) is 2.89. The molecule has 0 saturated carbocycles. The number of halogens is 2. The number of morpholine rings is 1. The Morgan fingerprint density at radius 3 is 2.56 bits per heavy atom. The molecule has 27 heavy (non-hydrogen) atoms. The molecule has 9 heteroatoms. The summed E-state index contributed by atoms with van der Waals surface area (Å²) in [6.07, 6.45) is 0.307. The van der Waals surface area contributed by atoms with Gasteiger partial charge in [0.2, 0.25) is 0 Å². The van der Waals surface area contributed by atoms with Crippen molar-refractivity contribution < 1.29 is 21.9 Å². The second-order valence-corrected chi connectivity index (χ2v) is 8.09. The molecule has 0 aromatic heterocycles. The van der Waals surface area contributed by atoms with Crippen molar-refractivity contribution >= 4 is 27.3 Å². The summed E-state index contributed by atoms with van der Waals surface area (Å²) in [5.74, 6) is -1.46. The van der Waals surface area contributed by atoms with Crippen molar-refractivity contribution in [3.63, 3.8) is 0 Å². The van der Waals surface area contributed by atoms with E-state index < -0.39 is 21.8 Å². The maximum atomic E-state index is 14.6. The van der Waals surface area contributed by atoms with Crippen LogP contribution in [0.1, 0.15) is 6.42 Å². The van der Waals surface area contributed by atoms with Crippen LogP contribution in [0.3, 0.4) is 0 Å². The molecule has 2 aromatic carbocycles. The SMILES string of the molecule is O=S1(=O)N(CC[C@H]2CNCCO2)c2cccc(F)c2N1c1ccccc1F. The molecular weight excluding hydrogens is 376 g/mol. The molecule has 1 N–H and O–H groups in total. The fourth-order valence-electron chi connectivity index (χ4n) is 3.41. The Kier molecular flexibility index (Phi) is 4.75. The second kappa shape index (κ2) is 7.06. The van der Waals surface area contributed by atoms with Crippen molar-refractivity contribution in [2.45, 2.75) is 12.5 Å². The van der Waals surface area contributed by atoms with Gasteiger partial charge in [0.25, 0.3) is 0 Å². The van der Waals surface area contributed by atoms with Gasteiger partial charge in [0.1, 0.15) is 17.3 Å². The van der Waals surface area contributed by atoms with E-state index in [2.05, 4.69) is 5.32 Å². The van der Waals surface area contributed by atoms with Crippen LogP contribution in [0.15, 0.2) is 42.5 Å². The Hall–Kier alpha value is -2.23. The molecule has 0 spiro atoms. The zero-order chi connectivity index (χ0) is 19.0. The van der Waals surface area contributed by atoms with Crippen LogP contribution in [0.25, 0.3) is 0 Å². The van der Waals surface area contributed by atoms with E-state index in [4.69, 9.17) is 4.74 Å². The molecule has 4 rings (SSSR count). The Labute approximate surface area is 156 Å². The Balaban J connectivity index is 1.73. The summed E-state index contributed by atoms with van der Waals surface area (Å²) in [7, 11) is -4.18. The number of rotatable bonds is 4. The van der Waals surface area contributed by atoms with Crippen LogP contribution in [-0.2, 0) is 14.9 Å². The van der Waals surface area contributed by atoms with Crippen molar-refractivity contribution in [3.8, 4) is 0 Å². The van der Waals surface area contributed by atoms with Crippen molar-refractivity contribution in [3.05, 3.63) is 54.1 Å². The van der Waals surface area contributed by atoms with Crippen LogP contribution >= 0.6 is 0 Å². The number of anilines is 3. The molecular formula is C18H19F2N3O3S. The van der Waals surface area contributed by atoms with Crippen molar-refractivity contribution in [2.24, 2.45) is 0 Å². The minimum absolute atomic E-state index is 0.107. The number of hydrogen-bond acceptors (Lipinski definition) is 4. The topological polar surface area (TPSA) is 61.9 Å². The van der Waals surface area contributed by atoms with Crippen LogP contribution in [0.4, 0.5) is 25.8 Å². The summed E-state index contributed by atoms with van der Waals surface area (Å²) in [6.45, 7) is 2.05. The van der Waals surface area contributed by atoms with E-state index in [1.807, 2.05) is 0 Å². The number of nitrogens with zero attached hydrogens (tertiary/aromatic N) is 2. The molecule has 2 aliphatic rings. The van der Waals surface area contributed by atoms with Gasteiger partial charge < -0.3 is 10.1 Å². The van der Waals surface area contributed by atoms with Gasteiger partial charge in [-0.3, -0.25) is 4.31 Å². The first kappa shape index (κ1) is 18.1. The standard InChI is InChI=1S/C18H19F2N3O3S/c19-14-4-1-2-6-16(14)23-18-15(20)5-3-7-17(18)22(27(23,24)25)10-8-13-12-21-9-11-26-13/h1-7,13,21H,8-12H2/t13-/m0/s1. The van der Waals surface area contributed by atoms with E-state index in [0.717, 1.165) is 21.2 Å². The van der Waals surface area contributed by atoms with E-state index in [0.29, 0.717) is 19.6 Å². The lowest BCUT2D eigenvalue weighted by Crippen LogP contribution is -2.42. The molecule has 6 nitrogen and oxygen atoms in total. The number of para-hydroxylation sites is 2. The van der Waals surface area contributed by atoms with Gasteiger partial charge in [-0.2, -0.15) is 8.42 Å². The molecule has 2 heterocycles. The average molecular weight is 395 g/mol.